The van der Waals surface area contributed by atoms with Crippen LogP contribution in [0.25, 0.3) is 0 Å². The standard InChI is InChI=1S/C13H23NO4/c1-6-9-8-13(9,10(15)17-7-2)14-11(16)18-12(3,4)5/h9H,6-8H2,1-5H3,(H,14,16)/t9-,13+/m1/s1. The van der Waals surface area contributed by atoms with Crippen LogP contribution in [0, 0.1) is 5.92 Å². The summed E-state index contributed by atoms with van der Waals surface area (Å²) in [6.07, 6.45) is 0.891. The summed E-state index contributed by atoms with van der Waals surface area (Å²) in [7, 11) is 0. The number of hydrogen-bond acceptors (Lipinski definition) is 4. The molecule has 0 aliphatic heterocycles. The Kier molecular flexibility index (Phi) is 4.24. The van der Waals surface area contributed by atoms with E-state index in [0.29, 0.717) is 13.0 Å². The zero-order chi connectivity index (χ0) is 14.0. The van der Waals surface area contributed by atoms with Crippen molar-refractivity contribution in [1.29, 1.82) is 0 Å². The molecule has 2 atom stereocenters. The molecule has 0 aromatic heterocycles. The fourth-order valence-corrected chi connectivity index (χ4v) is 2.02. The SMILES string of the molecule is CCOC(=O)[C@]1(NC(=O)OC(C)(C)C)C[C@H]1CC. The van der Waals surface area contributed by atoms with Crippen LogP contribution in [-0.4, -0.2) is 29.8 Å². The Morgan fingerprint density at radius 3 is 2.33 bits per heavy atom. The van der Waals surface area contributed by atoms with Gasteiger partial charge in [0.2, 0.25) is 0 Å². The number of carbonyl (C=O) groups excluding carboxylic acids is 2. The summed E-state index contributed by atoms with van der Waals surface area (Å²) in [4.78, 5) is 23.6. The lowest BCUT2D eigenvalue weighted by molar-refractivity contribution is -0.147. The first-order chi connectivity index (χ1) is 8.25. The minimum absolute atomic E-state index is 0.143. The van der Waals surface area contributed by atoms with Crippen molar-refractivity contribution < 1.29 is 19.1 Å². The fraction of sp³-hybridized carbons (Fsp3) is 0.846. The van der Waals surface area contributed by atoms with Gasteiger partial charge in [0.25, 0.3) is 0 Å². The molecule has 0 saturated heterocycles. The molecule has 1 aliphatic rings. The van der Waals surface area contributed by atoms with E-state index in [1.807, 2.05) is 6.92 Å². The molecule has 104 valence electrons. The van der Waals surface area contributed by atoms with Gasteiger partial charge >= 0.3 is 12.1 Å². The van der Waals surface area contributed by atoms with Gasteiger partial charge in [0.05, 0.1) is 6.61 Å². The first-order valence-corrected chi connectivity index (χ1v) is 6.43. The zero-order valence-electron chi connectivity index (χ0n) is 11.8. The molecule has 1 saturated carbocycles. The van der Waals surface area contributed by atoms with Crippen LogP contribution in [0.4, 0.5) is 4.79 Å². The highest BCUT2D eigenvalue weighted by atomic mass is 16.6. The maximum atomic E-state index is 11.9. The highest BCUT2D eigenvalue weighted by Crippen LogP contribution is 2.46. The van der Waals surface area contributed by atoms with Crippen molar-refractivity contribution in [1.82, 2.24) is 5.32 Å². The number of esters is 1. The lowest BCUT2D eigenvalue weighted by atomic mass is 10.1. The minimum Gasteiger partial charge on any atom is -0.464 e. The molecule has 0 aromatic carbocycles. The van der Waals surface area contributed by atoms with E-state index in [9.17, 15) is 9.59 Å². The Balaban J connectivity index is 2.65. The molecule has 0 heterocycles. The first kappa shape index (κ1) is 14.8. The number of hydrogen-bond donors (Lipinski definition) is 1. The molecule has 0 spiro atoms. The van der Waals surface area contributed by atoms with E-state index in [1.54, 1.807) is 27.7 Å². The second kappa shape index (κ2) is 5.16. The van der Waals surface area contributed by atoms with E-state index in [-0.39, 0.29) is 11.9 Å². The Morgan fingerprint density at radius 2 is 1.94 bits per heavy atom. The summed E-state index contributed by atoms with van der Waals surface area (Å²) < 4.78 is 10.2. The van der Waals surface area contributed by atoms with Crippen LogP contribution in [0.3, 0.4) is 0 Å². The van der Waals surface area contributed by atoms with Crippen molar-refractivity contribution in [2.75, 3.05) is 6.61 Å². The van der Waals surface area contributed by atoms with Crippen LogP contribution >= 0.6 is 0 Å². The number of carbonyl (C=O) groups is 2. The Labute approximate surface area is 108 Å². The number of amides is 1. The summed E-state index contributed by atoms with van der Waals surface area (Å²) in [6.45, 7) is 9.41. The van der Waals surface area contributed by atoms with Gasteiger partial charge in [0.15, 0.2) is 0 Å². The van der Waals surface area contributed by atoms with Gasteiger partial charge in [-0.05, 0) is 40.0 Å². The predicted octanol–water partition coefficient (Wildman–Crippen LogP) is 2.24. The Morgan fingerprint density at radius 1 is 1.33 bits per heavy atom. The molecule has 18 heavy (non-hydrogen) atoms. The second-order valence-electron chi connectivity index (χ2n) is 5.63. The Hall–Kier alpha value is -1.26. The Bertz CT molecular complexity index is 334. The summed E-state index contributed by atoms with van der Waals surface area (Å²) in [5.74, 6) is -0.216. The van der Waals surface area contributed by atoms with Crippen molar-refractivity contribution in [3.8, 4) is 0 Å². The summed E-state index contributed by atoms with van der Waals surface area (Å²) in [5, 5.41) is 2.67. The molecular weight excluding hydrogens is 234 g/mol. The minimum atomic E-state index is -0.868. The van der Waals surface area contributed by atoms with Crippen molar-refractivity contribution >= 4 is 12.1 Å². The lowest BCUT2D eigenvalue weighted by Gasteiger charge is -2.23. The van der Waals surface area contributed by atoms with E-state index >= 15 is 0 Å². The molecule has 0 aromatic rings. The average molecular weight is 257 g/mol. The van der Waals surface area contributed by atoms with E-state index in [4.69, 9.17) is 9.47 Å². The predicted molar refractivity (Wildman–Crippen MR) is 67.1 cm³/mol. The van der Waals surface area contributed by atoms with E-state index in [0.717, 1.165) is 6.42 Å². The van der Waals surface area contributed by atoms with Crippen LogP contribution in [-0.2, 0) is 14.3 Å². The van der Waals surface area contributed by atoms with Gasteiger partial charge in [0.1, 0.15) is 11.1 Å². The molecule has 1 rings (SSSR count). The van der Waals surface area contributed by atoms with Crippen molar-refractivity contribution in [2.24, 2.45) is 5.92 Å². The van der Waals surface area contributed by atoms with Gasteiger partial charge in [-0.25, -0.2) is 9.59 Å². The molecule has 1 aliphatic carbocycles. The third-order valence-electron chi connectivity index (χ3n) is 2.96. The summed E-state index contributed by atoms with van der Waals surface area (Å²) >= 11 is 0. The van der Waals surface area contributed by atoms with Crippen molar-refractivity contribution in [3.63, 3.8) is 0 Å². The monoisotopic (exact) mass is 257 g/mol. The molecule has 5 nitrogen and oxygen atoms in total. The summed E-state index contributed by atoms with van der Waals surface area (Å²) in [5.41, 5.74) is -1.44. The second-order valence-corrected chi connectivity index (χ2v) is 5.63. The van der Waals surface area contributed by atoms with Gasteiger partial charge in [0, 0.05) is 0 Å². The molecule has 1 N–H and O–H groups in total. The third-order valence-corrected chi connectivity index (χ3v) is 2.96. The first-order valence-electron chi connectivity index (χ1n) is 6.43. The normalized spacial score (nSPS) is 26.4. The molecule has 5 heteroatoms. The van der Waals surface area contributed by atoms with Crippen molar-refractivity contribution in [3.05, 3.63) is 0 Å². The van der Waals surface area contributed by atoms with Crippen LogP contribution < -0.4 is 5.32 Å². The van der Waals surface area contributed by atoms with E-state index < -0.39 is 17.2 Å². The molecule has 0 bridgehead atoms. The van der Waals surface area contributed by atoms with Crippen LogP contribution in [0.1, 0.15) is 47.5 Å². The molecule has 0 radical (unpaired) electrons. The van der Waals surface area contributed by atoms with Crippen LogP contribution in [0.5, 0.6) is 0 Å². The lowest BCUT2D eigenvalue weighted by Crippen LogP contribution is -2.47. The topological polar surface area (TPSA) is 64.6 Å². The maximum absolute atomic E-state index is 11.9. The summed E-state index contributed by atoms with van der Waals surface area (Å²) in [6, 6.07) is 0. The zero-order valence-corrected chi connectivity index (χ0v) is 11.8. The molecule has 1 fully saturated rings. The average Bonchev–Trinajstić information content (AvgIpc) is 2.90. The quantitative estimate of drug-likeness (QED) is 0.784. The maximum Gasteiger partial charge on any atom is 0.408 e. The third kappa shape index (κ3) is 3.37. The molecule has 0 unspecified atom stereocenters. The van der Waals surface area contributed by atoms with Gasteiger partial charge < -0.3 is 14.8 Å². The smallest absolute Gasteiger partial charge is 0.408 e. The molecule has 1 amide bonds. The van der Waals surface area contributed by atoms with Crippen LogP contribution in [0.2, 0.25) is 0 Å². The van der Waals surface area contributed by atoms with Gasteiger partial charge in [-0.3, -0.25) is 0 Å². The largest absolute Gasteiger partial charge is 0.464 e. The number of alkyl carbamates (subject to hydrolysis) is 1. The van der Waals surface area contributed by atoms with Gasteiger partial charge in [-0.15, -0.1) is 0 Å². The van der Waals surface area contributed by atoms with Crippen molar-refractivity contribution in [2.45, 2.75) is 58.6 Å². The highest BCUT2D eigenvalue weighted by molar-refractivity contribution is 5.89. The number of ether oxygens (including phenoxy) is 2. The molecular formula is C13H23NO4. The van der Waals surface area contributed by atoms with Gasteiger partial charge in [-0.1, -0.05) is 13.3 Å². The van der Waals surface area contributed by atoms with E-state index in [1.165, 1.54) is 0 Å². The van der Waals surface area contributed by atoms with Gasteiger partial charge in [-0.2, -0.15) is 0 Å². The number of rotatable bonds is 4. The number of nitrogens with one attached hydrogen (secondary N) is 1. The van der Waals surface area contributed by atoms with E-state index in [2.05, 4.69) is 5.32 Å². The van der Waals surface area contributed by atoms with Crippen LogP contribution in [0.15, 0.2) is 0 Å². The fourth-order valence-electron chi connectivity index (χ4n) is 2.02. The highest BCUT2D eigenvalue weighted by Gasteiger charge is 2.61.